The van der Waals surface area contributed by atoms with Crippen LogP contribution in [0.15, 0.2) is 18.3 Å². The van der Waals surface area contributed by atoms with Crippen LogP contribution in [0.5, 0.6) is 0 Å². The predicted octanol–water partition coefficient (Wildman–Crippen LogP) is 2.02. The van der Waals surface area contributed by atoms with Crippen molar-refractivity contribution in [3.63, 3.8) is 0 Å². The minimum Gasteiger partial charge on any atom is -0.347 e. The lowest BCUT2D eigenvalue weighted by molar-refractivity contribution is 0.0935. The molecular weight excluding hydrogens is 200 g/mol. The molecule has 0 bridgehead atoms. The van der Waals surface area contributed by atoms with Crippen molar-refractivity contribution in [3.8, 4) is 0 Å². The average molecular weight is 211 g/mol. The number of hydrogen-bond acceptors (Lipinski definition) is 2. The largest absolute Gasteiger partial charge is 0.347 e. The number of rotatable bonds is 2. The van der Waals surface area contributed by atoms with Crippen molar-refractivity contribution in [3.05, 3.63) is 29.0 Å². The number of pyridine rings is 1. The summed E-state index contributed by atoms with van der Waals surface area (Å²) in [6, 6.07) is 3.23. The van der Waals surface area contributed by atoms with E-state index in [9.17, 15) is 4.79 Å². The van der Waals surface area contributed by atoms with Crippen LogP contribution in [0, 0.1) is 0 Å². The van der Waals surface area contributed by atoms with Gasteiger partial charge in [0.25, 0.3) is 5.91 Å². The Kier molecular flexibility index (Phi) is 2.19. The van der Waals surface area contributed by atoms with Crippen molar-refractivity contribution >= 4 is 17.5 Å². The van der Waals surface area contributed by atoms with E-state index in [2.05, 4.69) is 10.3 Å². The summed E-state index contributed by atoms with van der Waals surface area (Å²) in [5.74, 6) is -0.0747. The van der Waals surface area contributed by atoms with Crippen LogP contribution in [0.4, 0.5) is 0 Å². The third-order valence-electron chi connectivity index (χ3n) is 2.40. The van der Waals surface area contributed by atoms with Gasteiger partial charge < -0.3 is 5.32 Å². The second-order valence-electron chi connectivity index (χ2n) is 3.88. The van der Waals surface area contributed by atoms with Gasteiger partial charge in [0.2, 0.25) is 0 Å². The van der Waals surface area contributed by atoms with E-state index in [0.717, 1.165) is 12.8 Å². The molecule has 0 saturated heterocycles. The maximum atomic E-state index is 11.7. The molecule has 1 saturated carbocycles. The summed E-state index contributed by atoms with van der Waals surface area (Å²) >= 11 is 5.68. The highest BCUT2D eigenvalue weighted by atomic mass is 35.5. The fraction of sp³-hybridized carbons (Fsp3) is 0.400. The van der Waals surface area contributed by atoms with Crippen molar-refractivity contribution in [2.24, 2.45) is 0 Å². The average Bonchev–Trinajstić information content (AvgIpc) is 2.83. The summed E-state index contributed by atoms with van der Waals surface area (Å²) in [5.41, 5.74) is 0.574. The Bertz CT molecular complexity index is 374. The smallest absolute Gasteiger partial charge is 0.251 e. The molecule has 0 aromatic carbocycles. The molecule has 4 heteroatoms. The highest BCUT2D eigenvalue weighted by molar-refractivity contribution is 6.29. The van der Waals surface area contributed by atoms with E-state index in [1.807, 2.05) is 6.92 Å². The van der Waals surface area contributed by atoms with Crippen LogP contribution in [0.1, 0.15) is 30.1 Å². The molecule has 1 aromatic rings. The molecule has 1 aromatic heterocycles. The second kappa shape index (κ2) is 3.24. The lowest BCUT2D eigenvalue weighted by atomic mass is 10.2. The highest BCUT2D eigenvalue weighted by Gasteiger charge is 2.38. The van der Waals surface area contributed by atoms with Crippen molar-refractivity contribution in [1.29, 1.82) is 0 Å². The van der Waals surface area contributed by atoms with Gasteiger partial charge in [-0.1, -0.05) is 11.6 Å². The van der Waals surface area contributed by atoms with Crippen LogP contribution in [0.25, 0.3) is 0 Å². The summed E-state index contributed by atoms with van der Waals surface area (Å²) < 4.78 is 0. The van der Waals surface area contributed by atoms with Crippen LogP contribution >= 0.6 is 11.6 Å². The van der Waals surface area contributed by atoms with Gasteiger partial charge in [-0.3, -0.25) is 4.79 Å². The third-order valence-corrected chi connectivity index (χ3v) is 2.61. The van der Waals surface area contributed by atoms with Crippen LogP contribution < -0.4 is 5.32 Å². The molecule has 1 N–H and O–H groups in total. The number of amides is 1. The Morgan fingerprint density at radius 1 is 1.64 bits per heavy atom. The van der Waals surface area contributed by atoms with E-state index < -0.39 is 0 Å². The Hall–Kier alpha value is -1.09. The lowest BCUT2D eigenvalue weighted by Crippen LogP contribution is -2.34. The van der Waals surface area contributed by atoms with Crippen molar-refractivity contribution in [2.75, 3.05) is 0 Å². The quantitative estimate of drug-likeness (QED) is 0.759. The first kappa shape index (κ1) is 9.46. The van der Waals surface area contributed by atoms with Crippen LogP contribution in [0.3, 0.4) is 0 Å². The number of carbonyl (C=O) groups excluding carboxylic acids is 1. The fourth-order valence-electron chi connectivity index (χ4n) is 1.20. The highest BCUT2D eigenvalue weighted by Crippen LogP contribution is 2.34. The molecule has 1 fully saturated rings. The molecule has 2 rings (SSSR count). The maximum Gasteiger partial charge on any atom is 0.251 e. The molecule has 0 radical (unpaired) electrons. The fourth-order valence-corrected chi connectivity index (χ4v) is 1.38. The van der Waals surface area contributed by atoms with Gasteiger partial charge in [0.15, 0.2) is 0 Å². The van der Waals surface area contributed by atoms with Gasteiger partial charge in [0.1, 0.15) is 5.15 Å². The van der Waals surface area contributed by atoms with Crippen LogP contribution in [0.2, 0.25) is 5.15 Å². The topological polar surface area (TPSA) is 42.0 Å². The molecule has 1 amide bonds. The summed E-state index contributed by atoms with van der Waals surface area (Å²) in [6.07, 6.45) is 3.64. The molecule has 1 heterocycles. The zero-order chi connectivity index (χ0) is 10.2. The molecule has 74 valence electrons. The number of halogens is 1. The number of nitrogens with one attached hydrogen (secondary N) is 1. The standard InChI is InChI=1S/C10H11ClN2O/c1-10(3-4-10)13-9(14)7-2-5-12-8(11)6-7/h2,5-6H,3-4H2,1H3,(H,13,14). The number of nitrogens with zero attached hydrogens (tertiary/aromatic N) is 1. The minimum atomic E-state index is -0.0747. The molecule has 0 spiro atoms. The number of aromatic nitrogens is 1. The zero-order valence-corrected chi connectivity index (χ0v) is 8.64. The van der Waals surface area contributed by atoms with E-state index in [0.29, 0.717) is 10.7 Å². The van der Waals surface area contributed by atoms with Gasteiger partial charge in [-0.15, -0.1) is 0 Å². The first-order valence-corrected chi connectivity index (χ1v) is 4.91. The molecular formula is C10H11ClN2O. The van der Waals surface area contributed by atoms with Crippen molar-refractivity contribution in [2.45, 2.75) is 25.3 Å². The second-order valence-corrected chi connectivity index (χ2v) is 4.27. The maximum absolute atomic E-state index is 11.7. The minimum absolute atomic E-state index is 0.00678. The molecule has 0 unspecified atom stereocenters. The third kappa shape index (κ3) is 2.04. The van der Waals surface area contributed by atoms with E-state index in [1.54, 1.807) is 12.1 Å². The first-order chi connectivity index (χ1) is 6.59. The van der Waals surface area contributed by atoms with E-state index in [1.165, 1.54) is 6.20 Å². The van der Waals surface area contributed by atoms with Crippen LogP contribution in [-0.2, 0) is 0 Å². The van der Waals surface area contributed by atoms with Crippen molar-refractivity contribution < 1.29 is 4.79 Å². The Labute approximate surface area is 87.5 Å². The summed E-state index contributed by atoms with van der Waals surface area (Å²) in [4.78, 5) is 15.5. The summed E-state index contributed by atoms with van der Waals surface area (Å²) in [5, 5.41) is 3.29. The Morgan fingerprint density at radius 3 is 2.93 bits per heavy atom. The van der Waals surface area contributed by atoms with Crippen molar-refractivity contribution in [1.82, 2.24) is 10.3 Å². The van der Waals surface area contributed by atoms with Gasteiger partial charge in [0, 0.05) is 17.3 Å². The van der Waals surface area contributed by atoms with Gasteiger partial charge >= 0.3 is 0 Å². The van der Waals surface area contributed by atoms with E-state index in [4.69, 9.17) is 11.6 Å². The summed E-state index contributed by atoms with van der Waals surface area (Å²) in [6.45, 7) is 2.04. The molecule has 3 nitrogen and oxygen atoms in total. The molecule has 14 heavy (non-hydrogen) atoms. The molecule has 0 aliphatic heterocycles. The normalized spacial score (nSPS) is 17.6. The van der Waals surface area contributed by atoms with Gasteiger partial charge in [0.05, 0.1) is 0 Å². The first-order valence-electron chi connectivity index (χ1n) is 4.53. The lowest BCUT2D eigenvalue weighted by Gasteiger charge is -2.10. The monoisotopic (exact) mass is 210 g/mol. The molecule has 0 atom stereocenters. The molecule has 1 aliphatic rings. The van der Waals surface area contributed by atoms with Gasteiger partial charge in [-0.05, 0) is 31.9 Å². The number of carbonyl (C=O) groups is 1. The summed E-state index contributed by atoms with van der Waals surface area (Å²) in [7, 11) is 0. The Balaban J connectivity index is 2.11. The predicted molar refractivity (Wildman–Crippen MR) is 54.4 cm³/mol. The van der Waals surface area contributed by atoms with Gasteiger partial charge in [-0.25, -0.2) is 4.98 Å². The van der Waals surface area contributed by atoms with E-state index >= 15 is 0 Å². The SMILES string of the molecule is CC1(NC(=O)c2ccnc(Cl)c2)CC1. The Morgan fingerprint density at radius 2 is 2.36 bits per heavy atom. The van der Waals surface area contributed by atoms with E-state index in [-0.39, 0.29) is 11.4 Å². The zero-order valence-electron chi connectivity index (χ0n) is 7.88. The number of hydrogen-bond donors (Lipinski definition) is 1. The van der Waals surface area contributed by atoms with Gasteiger partial charge in [-0.2, -0.15) is 0 Å². The van der Waals surface area contributed by atoms with Crippen LogP contribution in [-0.4, -0.2) is 16.4 Å². The molecule has 1 aliphatic carbocycles.